The first-order valence-electron chi connectivity index (χ1n) is 12.4. The monoisotopic (exact) mass is 495 g/mol. The molecule has 3 amide bonds. The molecule has 1 fully saturated rings. The summed E-state index contributed by atoms with van der Waals surface area (Å²) >= 11 is 0. The van der Waals surface area contributed by atoms with Crippen LogP contribution in [-0.4, -0.2) is 46.2 Å². The number of nitrogens with one attached hydrogen (secondary N) is 3. The number of hydrogen-bond donors (Lipinski definition) is 4. The Kier molecular flexibility index (Phi) is 7.28. The third-order valence-corrected chi connectivity index (χ3v) is 6.63. The van der Waals surface area contributed by atoms with E-state index in [1.807, 2.05) is 67.0 Å². The molecule has 8 nitrogen and oxygen atoms in total. The Morgan fingerprint density at radius 3 is 2.30 bits per heavy atom. The molecule has 8 heteroatoms. The molecule has 37 heavy (non-hydrogen) atoms. The van der Waals surface area contributed by atoms with Crippen molar-refractivity contribution >= 4 is 34.3 Å². The van der Waals surface area contributed by atoms with E-state index in [9.17, 15) is 9.59 Å². The molecule has 0 bridgehead atoms. The van der Waals surface area contributed by atoms with Crippen molar-refractivity contribution in [1.82, 2.24) is 15.2 Å². The molecule has 1 aliphatic rings. The van der Waals surface area contributed by atoms with E-state index < -0.39 is 6.09 Å². The van der Waals surface area contributed by atoms with Crippen LogP contribution in [0.5, 0.6) is 0 Å². The van der Waals surface area contributed by atoms with Gasteiger partial charge in [0.05, 0.1) is 0 Å². The van der Waals surface area contributed by atoms with Crippen LogP contribution in [0.25, 0.3) is 21.9 Å². The number of urea groups is 1. The lowest BCUT2D eigenvalue weighted by Gasteiger charge is -2.31. The van der Waals surface area contributed by atoms with Crippen molar-refractivity contribution in [3.05, 3.63) is 90.8 Å². The molecule has 0 unspecified atom stereocenters. The number of amides is 3. The number of anilines is 2. The standard InChI is InChI=1S/C29H29N5O3/c35-28(31-23-4-2-1-3-5-23)32-24-10-8-21(9-11-24)27-18-30-17-22-7-6-20(16-26(22)27)19-34-14-12-25(13-15-34)33-29(36)37/h1-11,16-18,25,33H,12-15,19H2,(H,36,37)(H2,31,32,35). The van der Waals surface area contributed by atoms with Crippen LogP contribution in [0.2, 0.25) is 0 Å². The highest BCUT2D eigenvalue weighted by Crippen LogP contribution is 2.30. The summed E-state index contributed by atoms with van der Waals surface area (Å²) in [6, 6.07) is 23.3. The van der Waals surface area contributed by atoms with E-state index in [-0.39, 0.29) is 12.1 Å². The van der Waals surface area contributed by atoms with Gasteiger partial charge in [-0.3, -0.25) is 9.88 Å². The number of carbonyl (C=O) groups is 2. The number of fused-ring (bicyclic) bond motifs is 1. The van der Waals surface area contributed by atoms with Crippen LogP contribution in [0, 0.1) is 0 Å². The van der Waals surface area contributed by atoms with Crippen molar-refractivity contribution in [3.8, 4) is 11.1 Å². The molecule has 3 aromatic carbocycles. The average molecular weight is 496 g/mol. The summed E-state index contributed by atoms with van der Waals surface area (Å²) in [4.78, 5) is 30.0. The first-order valence-corrected chi connectivity index (χ1v) is 12.4. The van der Waals surface area contributed by atoms with Gasteiger partial charge in [0.25, 0.3) is 0 Å². The number of rotatable bonds is 6. The Labute approximate surface area is 215 Å². The highest BCUT2D eigenvalue weighted by atomic mass is 16.4. The molecule has 188 valence electrons. The highest BCUT2D eigenvalue weighted by Gasteiger charge is 2.20. The van der Waals surface area contributed by atoms with E-state index in [0.29, 0.717) is 5.69 Å². The smallest absolute Gasteiger partial charge is 0.404 e. The van der Waals surface area contributed by atoms with E-state index in [0.717, 1.165) is 60.1 Å². The van der Waals surface area contributed by atoms with Gasteiger partial charge in [-0.1, -0.05) is 42.5 Å². The minimum absolute atomic E-state index is 0.0323. The molecular weight excluding hydrogens is 466 g/mol. The Bertz CT molecular complexity index is 1380. The van der Waals surface area contributed by atoms with Gasteiger partial charge in [-0.2, -0.15) is 0 Å². The summed E-state index contributed by atoms with van der Waals surface area (Å²) in [6.45, 7) is 2.54. The van der Waals surface area contributed by atoms with Gasteiger partial charge < -0.3 is 21.1 Å². The quantitative estimate of drug-likeness (QED) is 0.271. The number of carboxylic acid groups (broad SMARTS) is 1. The number of carbonyl (C=O) groups excluding carboxylic acids is 1. The third-order valence-electron chi connectivity index (χ3n) is 6.63. The molecule has 0 aliphatic carbocycles. The first kappa shape index (κ1) is 24.3. The fourth-order valence-corrected chi connectivity index (χ4v) is 4.76. The lowest BCUT2D eigenvalue weighted by atomic mass is 9.98. The molecule has 4 N–H and O–H groups in total. The van der Waals surface area contributed by atoms with E-state index in [4.69, 9.17) is 5.11 Å². The molecule has 0 radical (unpaired) electrons. The van der Waals surface area contributed by atoms with Gasteiger partial charge in [0.1, 0.15) is 0 Å². The summed E-state index contributed by atoms with van der Waals surface area (Å²) < 4.78 is 0. The van der Waals surface area contributed by atoms with Crippen LogP contribution in [0.1, 0.15) is 18.4 Å². The summed E-state index contributed by atoms with van der Waals surface area (Å²) in [7, 11) is 0. The normalized spacial score (nSPS) is 14.3. The minimum Gasteiger partial charge on any atom is -0.465 e. The first-order chi connectivity index (χ1) is 18.0. The van der Waals surface area contributed by atoms with Gasteiger partial charge in [0.2, 0.25) is 0 Å². The van der Waals surface area contributed by atoms with Crippen molar-refractivity contribution in [2.75, 3.05) is 23.7 Å². The molecule has 1 aliphatic heterocycles. The number of para-hydroxylation sites is 1. The Morgan fingerprint density at radius 1 is 0.892 bits per heavy atom. The van der Waals surface area contributed by atoms with Crippen molar-refractivity contribution in [3.63, 3.8) is 0 Å². The van der Waals surface area contributed by atoms with Gasteiger partial charge in [-0.15, -0.1) is 0 Å². The number of nitrogens with zero attached hydrogens (tertiary/aromatic N) is 2. The predicted octanol–water partition coefficient (Wildman–Crippen LogP) is 5.78. The van der Waals surface area contributed by atoms with Gasteiger partial charge in [0, 0.05) is 60.4 Å². The third kappa shape index (κ3) is 6.23. The Morgan fingerprint density at radius 2 is 1.59 bits per heavy atom. The number of piperidine rings is 1. The van der Waals surface area contributed by atoms with E-state index in [2.05, 4.69) is 44.0 Å². The van der Waals surface area contributed by atoms with Gasteiger partial charge in [-0.25, -0.2) is 9.59 Å². The maximum absolute atomic E-state index is 12.3. The minimum atomic E-state index is -0.951. The lowest BCUT2D eigenvalue weighted by molar-refractivity contribution is 0.165. The van der Waals surface area contributed by atoms with Crippen LogP contribution >= 0.6 is 0 Å². The fourth-order valence-electron chi connectivity index (χ4n) is 4.76. The van der Waals surface area contributed by atoms with Crippen LogP contribution in [0.4, 0.5) is 21.0 Å². The van der Waals surface area contributed by atoms with Gasteiger partial charge in [0.15, 0.2) is 0 Å². The van der Waals surface area contributed by atoms with E-state index in [1.54, 1.807) is 0 Å². The maximum Gasteiger partial charge on any atom is 0.404 e. The molecular formula is C29H29N5O3. The zero-order chi connectivity index (χ0) is 25.6. The van der Waals surface area contributed by atoms with Gasteiger partial charge >= 0.3 is 12.1 Å². The predicted molar refractivity (Wildman–Crippen MR) is 146 cm³/mol. The van der Waals surface area contributed by atoms with Crippen LogP contribution < -0.4 is 16.0 Å². The zero-order valence-electron chi connectivity index (χ0n) is 20.4. The van der Waals surface area contributed by atoms with Crippen molar-refractivity contribution in [1.29, 1.82) is 0 Å². The topological polar surface area (TPSA) is 107 Å². The van der Waals surface area contributed by atoms with Crippen LogP contribution in [-0.2, 0) is 6.54 Å². The zero-order valence-corrected chi connectivity index (χ0v) is 20.4. The maximum atomic E-state index is 12.3. The van der Waals surface area contributed by atoms with Crippen molar-refractivity contribution in [2.24, 2.45) is 0 Å². The van der Waals surface area contributed by atoms with E-state index in [1.165, 1.54) is 5.56 Å². The second-order valence-electron chi connectivity index (χ2n) is 9.26. The van der Waals surface area contributed by atoms with E-state index >= 15 is 0 Å². The van der Waals surface area contributed by atoms with Crippen molar-refractivity contribution < 1.29 is 14.7 Å². The van der Waals surface area contributed by atoms with Crippen LogP contribution in [0.15, 0.2) is 85.2 Å². The number of aromatic nitrogens is 1. The molecule has 0 saturated carbocycles. The highest BCUT2D eigenvalue weighted by molar-refractivity contribution is 6.00. The average Bonchev–Trinajstić information content (AvgIpc) is 2.90. The number of benzene rings is 3. The summed E-state index contributed by atoms with van der Waals surface area (Å²) in [5, 5.41) is 19.4. The molecule has 0 spiro atoms. The Hall–Kier alpha value is -4.43. The molecule has 5 rings (SSSR count). The SMILES string of the molecule is O=C(O)NC1CCN(Cc2ccc3cncc(-c4ccc(NC(=O)Nc5ccccc5)cc4)c3c2)CC1. The second kappa shape index (κ2) is 11.1. The number of hydrogen-bond acceptors (Lipinski definition) is 4. The number of pyridine rings is 1. The lowest BCUT2D eigenvalue weighted by Crippen LogP contribution is -2.43. The molecule has 0 atom stereocenters. The molecule has 4 aromatic rings. The largest absolute Gasteiger partial charge is 0.465 e. The number of likely N-dealkylation sites (tertiary alicyclic amines) is 1. The summed E-state index contributed by atoms with van der Waals surface area (Å²) in [5.41, 5.74) is 4.69. The van der Waals surface area contributed by atoms with Crippen LogP contribution in [0.3, 0.4) is 0 Å². The fraction of sp³-hybridized carbons (Fsp3) is 0.207. The second-order valence-corrected chi connectivity index (χ2v) is 9.26. The Balaban J connectivity index is 1.27. The van der Waals surface area contributed by atoms with Crippen molar-refractivity contribution in [2.45, 2.75) is 25.4 Å². The molecule has 1 saturated heterocycles. The van der Waals surface area contributed by atoms with Gasteiger partial charge in [-0.05, 0) is 59.7 Å². The summed E-state index contributed by atoms with van der Waals surface area (Å²) in [5.74, 6) is 0. The molecule has 2 heterocycles. The summed E-state index contributed by atoms with van der Waals surface area (Å²) in [6.07, 6.45) is 4.43. The molecule has 1 aromatic heterocycles.